The van der Waals surface area contributed by atoms with Crippen molar-refractivity contribution in [2.45, 2.75) is 102 Å². The number of carbonyl (C=O) groups excluding carboxylic acids is 16. The van der Waals surface area contributed by atoms with Crippen LogP contribution < -0.4 is 0 Å². The Morgan fingerprint density at radius 3 is 0.918 bits per heavy atom. The molecule has 400 valence electrons. The molecule has 0 radical (unpaired) electrons. The van der Waals surface area contributed by atoms with Crippen LogP contribution in [0.3, 0.4) is 0 Å². The molecule has 0 saturated carbocycles. The van der Waals surface area contributed by atoms with Gasteiger partial charge in [-0.25, -0.2) is 19.2 Å². The average Bonchev–Trinajstić information content (AvgIpc) is 4.03. The maximum absolute atomic E-state index is 12.4. The van der Waals surface area contributed by atoms with E-state index in [4.69, 9.17) is 37.9 Å². The third kappa shape index (κ3) is 19.4. The van der Waals surface area contributed by atoms with E-state index in [-0.39, 0.29) is 71.6 Å². The van der Waals surface area contributed by atoms with Crippen molar-refractivity contribution in [3.05, 3.63) is 0 Å². The summed E-state index contributed by atoms with van der Waals surface area (Å²) in [6.07, 6.45) is -9.29. The lowest BCUT2D eigenvalue weighted by Crippen LogP contribution is -2.45. The van der Waals surface area contributed by atoms with E-state index in [1.54, 1.807) is 0 Å². The highest BCUT2D eigenvalue weighted by Gasteiger charge is 2.37. The molecule has 0 spiro atoms. The first-order chi connectivity index (χ1) is 34.7. The number of carbonyl (C=O) groups is 16. The Bertz CT molecular complexity index is 2130. The lowest BCUT2D eigenvalue weighted by Gasteiger charge is -2.31. The minimum absolute atomic E-state index is 0.185. The Morgan fingerprint density at radius 2 is 0.616 bits per heavy atom. The van der Waals surface area contributed by atoms with Gasteiger partial charge in [0.1, 0.15) is 64.3 Å². The van der Waals surface area contributed by atoms with Crippen LogP contribution >= 0.6 is 0 Å². The average molecular weight is 1040 g/mol. The Labute approximate surface area is 410 Å². The molecule has 8 amide bonds. The van der Waals surface area contributed by atoms with Gasteiger partial charge in [0.25, 0.3) is 47.3 Å². The van der Waals surface area contributed by atoms with Gasteiger partial charge in [-0.1, -0.05) is 0 Å². The SMILES string of the molecule is CC(OCCOC(=O)CC(=O)ON1C(=O)CCC1=O)C(OCCOC(=O)CC(=O)ON1C(=O)CCC1=O)C(COCCOC(=O)CC(=O)ON1C(=O)CCC1=O)OCCOC(=O)CC(=O)ON1C(=O)CCC1=O. The zero-order chi connectivity index (χ0) is 53.6. The minimum Gasteiger partial charge on any atom is -0.463 e. The molecule has 4 fully saturated rings. The lowest BCUT2D eigenvalue weighted by atomic mass is 10.1. The molecule has 3 atom stereocenters. The van der Waals surface area contributed by atoms with Crippen molar-refractivity contribution in [2.75, 3.05) is 59.5 Å². The van der Waals surface area contributed by atoms with Crippen LogP contribution in [0.4, 0.5) is 0 Å². The summed E-state index contributed by atoms with van der Waals surface area (Å²) in [5.74, 6) is -16.0. The molecular weight excluding hydrogens is 996 g/mol. The number of hydrogen-bond donors (Lipinski definition) is 0. The van der Waals surface area contributed by atoms with Gasteiger partial charge in [-0.05, 0) is 6.92 Å². The predicted octanol–water partition coefficient (Wildman–Crippen LogP) is -3.66. The first-order valence-electron chi connectivity index (χ1n) is 22.0. The van der Waals surface area contributed by atoms with Crippen molar-refractivity contribution in [1.29, 1.82) is 0 Å². The summed E-state index contributed by atoms with van der Waals surface area (Å²) in [5, 5.41) is 0.929. The Morgan fingerprint density at radius 1 is 0.356 bits per heavy atom. The number of nitrogens with zero attached hydrogens (tertiary/aromatic N) is 4. The summed E-state index contributed by atoms with van der Waals surface area (Å²) in [6, 6.07) is 0. The largest absolute Gasteiger partial charge is 0.463 e. The fourth-order valence-electron chi connectivity index (χ4n) is 6.22. The van der Waals surface area contributed by atoms with Crippen LogP contribution in [0.1, 0.15) is 84.0 Å². The molecule has 32 heteroatoms. The van der Waals surface area contributed by atoms with Crippen LogP contribution in [0.5, 0.6) is 0 Å². The molecule has 4 aliphatic rings. The third-order valence-electron chi connectivity index (χ3n) is 9.61. The highest BCUT2D eigenvalue weighted by molar-refractivity contribution is 6.05. The third-order valence-corrected chi connectivity index (χ3v) is 9.61. The number of rotatable bonds is 31. The quantitative estimate of drug-likeness (QED) is 0.0212. The molecule has 32 nitrogen and oxygen atoms in total. The summed E-state index contributed by atoms with van der Waals surface area (Å²) in [6.45, 7) is -2.95. The number of hydrogen-bond acceptors (Lipinski definition) is 28. The smallest absolute Gasteiger partial charge is 0.344 e. The van der Waals surface area contributed by atoms with Gasteiger partial charge in [-0.2, -0.15) is 0 Å². The van der Waals surface area contributed by atoms with Crippen LogP contribution in [-0.2, 0) is 134 Å². The van der Waals surface area contributed by atoms with E-state index in [0.29, 0.717) is 0 Å². The summed E-state index contributed by atoms with van der Waals surface area (Å²) in [4.78, 5) is 210. The zero-order valence-corrected chi connectivity index (χ0v) is 38.8. The molecule has 4 aliphatic heterocycles. The van der Waals surface area contributed by atoms with Crippen molar-refractivity contribution < 1.29 is 134 Å². The van der Waals surface area contributed by atoms with Crippen LogP contribution in [0.25, 0.3) is 0 Å². The number of ether oxygens (including phenoxy) is 8. The summed E-state index contributed by atoms with van der Waals surface area (Å²) >= 11 is 0. The van der Waals surface area contributed by atoms with E-state index < -0.39 is 198 Å². The van der Waals surface area contributed by atoms with Gasteiger partial charge < -0.3 is 57.2 Å². The van der Waals surface area contributed by atoms with Crippen molar-refractivity contribution in [1.82, 2.24) is 20.3 Å². The van der Waals surface area contributed by atoms with E-state index in [2.05, 4.69) is 19.4 Å². The van der Waals surface area contributed by atoms with Gasteiger partial charge in [0, 0.05) is 51.4 Å². The van der Waals surface area contributed by atoms with E-state index in [1.165, 1.54) is 6.92 Å². The summed E-state index contributed by atoms with van der Waals surface area (Å²) in [5.41, 5.74) is 0. The molecule has 0 N–H and O–H groups in total. The van der Waals surface area contributed by atoms with Crippen LogP contribution in [0.15, 0.2) is 0 Å². The molecule has 0 aromatic rings. The van der Waals surface area contributed by atoms with E-state index in [9.17, 15) is 76.7 Å². The zero-order valence-electron chi connectivity index (χ0n) is 38.8. The Balaban J connectivity index is 1.36. The van der Waals surface area contributed by atoms with Crippen molar-refractivity contribution in [3.8, 4) is 0 Å². The first kappa shape index (κ1) is 57.7. The molecule has 0 aromatic carbocycles. The van der Waals surface area contributed by atoms with Gasteiger partial charge in [0.2, 0.25) is 0 Å². The van der Waals surface area contributed by atoms with E-state index in [0.717, 1.165) is 0 Å². The Kier molecular flexibility index (Phi) is 22.8. The fourth-order valence-corrected chi connectivity index (χ4v) is 6.22. The molecule has 4 rings (SSSR count). The van der Waals surface area contributed by atoms with Crippen LogP contribution in [-0.4, -0.2) is 193 Å². The summed E-state index contributed by atoms with van der Waals surface area (Å²) < 4.78 is 43.1. The highest BCUT2D eigenvalue weighted by atomic mass is 16.7. The van der Waals surface area contributed by atoms with Crippen molar-refractivity contribution >= 4 is 95.0 Å². The standard InChI is InChI=1S/C41H48N4O28/c1-23(63-12-14-66-34(55)19-38(59)71-43-27(48)4-5-28(43)49)41(69-17-16-68-36(57)21-40(61)73-45-31(52)8-9-32(45)53)24(64-13-15-67-35(56)20-39(60)72-44-29(50)6-7-30(44)51)22-62-10-11-65-33(54)18-37(58)70-42-25(46)2-3-26(42)47/h23-24,41H,2-22H2,1H3. The van der Waals surface area contributed by atoms with Crippen LogP contribution in [0, 0.1) is 0 Å². The highest BCUT2D eigenvalue weighted by Crippen LogP contribution is 2.18. The number of esters is 4. The molecule has 3 unspecified atom stereocenters. The second-order valence-corrected chi connectivity index (χ2v) is 15.2. The second kappa shape index (κ2) is 28.9. The molecule has 4 heterocycles. The van der Waals surface area contributed by atoms with Crippen molar-refractivity contribution in [3.63, 3.8) is 0 Å². The monoisotopic (exact) mass is 1040 g/mol. The van der Waals surface area contributed by atoms with Gasteiger partial charge in [0.15, 0.2) is 0 Å². The predicted molar refractivity (Wildman–Crippen MR) is 217 cm³/mol. The van der Waals surface area contributed by atoms with Crippen molar-refractivity contribution in [2.24, 2.45) is 0 Å². The minimum atomic E-state index is -1.30. The normalized spacial score (nSPS) is 16.9. The topological polar surface area (TPSA) is 397 Å². The number of imide groups is 4. The van der Waals surface area contributed by atoms with Gasteiger partial charge in [0.05, 0.1) is 39.1 Å². The summed E-state index contributed by atoms with van der Waals surface area (Å²) in [7, 11) is 0. The second-order valence-electron chi connectivity index (χ2n) is 15.2. The van der Waals surface area contributed by atoms with E-state index in [1.807, 2.05) is 0 Å². The molecule has 73 heavy (non-hydrogen) atoms. The van der Waals surface area contributed by atoms with Gasteiger partial charge >= 0.3 is 47.8 Å². The van der Waals surface area contributed by atoms with Gasteiger partial charge in [-0.15, -0.1) is 20.3 Å². The molecular formula is C41H48N4O28. The first-order valence-corrected chi connectivity index (χ1v) is 22.0. The lowest BCUT2D eigenvalue weighted by molar-refractivity contribution is -0.199. The maximum Gasteiger partial charge on any atom is 0.344 e. The molecule has 0 aliphatic carbocycles. The fraction of sp³-hybridized carbons (Fsp3) is 0.610. The van der Waals surface area contributed by atoms with Gasteiger partial charge in [-0.3, -0.25) is 57.5 Å². The molecule has 4 saturated heterocycles. The van der Waals surface area contributed by atoms with E-state index >= 15 is 0 Å². The number of hydroxylamine groups is 8. The maximum atomic E-state index is 12.4. The number of amides is 8. The molecule has 0 bridgehead atoms. The van der Waals surface area contributed by atoms with Crippen LogP contribution in [0.2, 0.25) is 0 Å². The molecule has 0 aromatic heterocycles. The Hall–Kier alpha value is -7.84.